The minimum absolute atomic E-state index is 0.249. The number of nitrogens with two attached hydrogens (primary N) is 1. The molecule has 2 N–H and O–H groups in total. The van der Waals surface area contributed by atoms with E-state index in [0.29, 0.717) is 17.3 Å². The lowest BCUT2D eigenvalue weighted by molar-refractivity contribution is 0.436. The van der Waals surface area contributed by atoms with Gasteiger partial charge in [-0.2, -0.15) is 5.10 Å². The molecule has 3 aromatic rings. The second kappa shape index (κ2) is 5.09. The van der Waals surface area contributed by atoms with Gasteiger partial charge in [-0.3, -0.25) is 4.98 Å². The zero-order valence-electron chi connectivity index (χ0n) is 12.4. The van der Waals surface area contributed by atoms with Gasteiger partial charge in [0, 0.05) is 18.6 Å². The Kier molecular flexibility index (Phi) is 3.25. The molecule has 2 aromatic heterocycles. The molecule has 5 nitrogen and oxygen atoms in total. The molecule has 5 heteroatoms. The van der Waals surface area contributed by atoms with E-state index in [1.54, 1.807) is 10.9 Å². The monoisotopic (exact) mass is 282 g/mol. The molecular weight excluding hydrogens is 264 g/mol. The van der Waals surface area contributed by atoms with Crippen molar-refractivity contribution in [1.82, 2.24) is 14.8 Å². The Morgan fingerprint density at radius 1 is 1.19 bits per heavy atom. The molecular formula is C16H18N4O. The molecule has 1 aromatic carbocycles. The average molecular weight is 282 g/mol. The van der Waals surface area contributed by atoms with Crippen LogP contribution in [0.3, 0.4) is 0 Å². The van der Waals surface area contributed by atoms with Crippen LogP contribution in [0.15, 0.2) is 36.5 Å². The lowest BCUT2D eigenvalue weighted by Gasteiger charge is -2.09. The number of pyridine rings is 1. The van der Waals surface area contributed by atoms with Crippen LogP contribution in [0.1, 0.15) is 25.5 Å². The lowest BCUT2D eigenvalue weighted by atomic mass is 10.1. The smallest absolute Gasteiger partial charge is 0.241 e. The van der Waals surface area contributed by atoms with Crippen LogP contribution in [-0.4, -0.2) is 14.8 Å². The Morgan fingerprint density at radius 2 is 1.95 bits per heavy atom. The van der Waals surface area contributed by atoms with E-state index in [4.69, 9.17) is 10.5 Å². The maximum absolute atomic E-state index is 6.17. The molecule has 0 amide bonds. The minimum atomic E-state index is 0.249. The van der Waals surface area contributed by atoms with Gasteiger partial charge in [-0.15, -0.1) is 0 Å². The first-order valence-corrected chi connectivity index (χ1v) is 6.92. The Morgan fingerprint density at radius 3 is 2.67 bits per heavy atom. The van der Waals surface area contributed by atoms with Crippen LogP contribution in [0.5, 0.6) is 11.6 Å². The number of anilines is 1. The fourth-order valence-corrected chi connectivity index (χ4v) is 2.36. The Labute approximate surface area is 123 Å². The third-order valence-corrected chi connectivity index (χ3v) is 3.41. The van der Waals surface area contributed by atoms with Crippen molar-refractivity contribution in [1.29, 1.82) is 0 Å². The van der Waals surface area contributed by atoms with Crippen LogP contribution in [0, 0.1) is 0 Å². The highest BCUT2D eigenvalue weighted by Crippen LogP contribution is 2.35. The Balaban J connectivity index is 2.07. The van der Waals surface area contributed by atoms with Gasteiger partial charge in [0.15, 0.2) is 5.75 Å². The van der Waals surface area contributed by atoms with Crippen LogP contribution in [0.4, 0.5) is 5.69 Å². The zero-order chi connectivity index (χ0) is 15.0. The summed E-state index contributed by atoms with van der Waals surface area (Å²) in [6.45, 7) is 4.11. The van der Waals surface area contributed by atoms with Gasteiger partial charge in [0.1, 0.15) is 11.2 Å². The van der Waals surface area contributed by atoms with Crippen LogP contribution in [0.25, 0.3) is 10.9 Å². The molecule has 0 atom stereocenters. The molecule has 0 saturated heterocycles. The number of fused-ring (bicyclic) bond motifs is 1. The van der Waals surface area contributed by atoms with Crippen molar-refractivity contribution in [3.05, 3.63) is 42.2 Å². The highest BCUT2D eigenvalue weighted by atomic mass is 16.5. The summed E-state index contributed by atoms with van der Waals surface area (Å²) in [5, 5.41) is 5.46. The number of aryl methyl sites for hydroxylation is 1. The molecule has 21 heavy (non-hydrogen) atoms. The molecule has 0 aliphatic rings. The number of nitrogen functional groups attached to an aromatic ring is 1. The summed E-state index contributed by atoms with van der Waals surface area (Å²) in [6.07, 6.45) is 1.75. The third-order valence-electron chi connectivity index (χ3n) is 3.41. The van der Waals surface area contributed by atoms with Gasteiger partial charge in [-0.05, 0) is 18.1 Å². The van der Waals surface area contributed by atoms with Crippen molar-refractivity contribution in [2.45, 2.75) is 19.8 Å². The van der Waals surface area contributed by atoms with E-state index in [0.717, 1.165) is 16.6 Å². The number of aromatic nitrogens is 3. The highest BCUT2D eigenvalue weighted by Gasteiger charge is 2.18. The number of nitrogens with zero attached hydrogens (tertiary/aromatic N) is 3. The number of para-hydroxylation sites is 1. The summed E-state index contributed by atoms with van der Waals surface area (Å²) in [6, 6.07) is 9.73. The first-order valence-electron chi connectivity index (χ1n) is 6.92. The van der Waals surface area contributed by atoms with Gasteiger partial charge in [0.2, 0.25) is 5.88 Å². The zero-order valence-corrected chi connectivity index (χ0v) is 12.4. The second-order valence-electron chi connectivity index (χ2n) is 5.32. The molecule has 0 spiro atoms. The largest absolute Gasteiger partial charge is 0.435 e. The van der Waals surface area contributed by atoms with Gasteiger partial charge in [-0.25, -0.2) is 4.68 Å². The van der Waals surface area contributed by atoms with E-state index >= 15 is 0 Å². The maximum atomic E-state index is 6.17. The molecule has 0 unspecified atom stereocenters. The van der Waals surface area contributed by atoms with Crippen LogP contribution in [-0.2, 0) is 7.05 Å². The van der Waals surface area contributed by atoms with E-state index in [9.17, 15) is 0 Å². The van der Waals surface area contributed by atoms with Gasteiger partial charge >= 0.3 is 0 Å². The minimum Gasteiger partial charge on any atom is -0.435 e. The average Bonchev–Trinajstić information content (AvgIpc) is 2.76. The van der Waals surface area contributed by atoms with E-state index in [2.05, 4.69) is 23.9 Å². The summed E-state index contributed by atoms with van der Waals surface area (Å²) >= 11 is 0. The van der Waals surface area contributed by atoms with Crippen LogP contribution < -0.4 is 10.5 Å². The lowest BCUT2D eigenvalue weighted by Crippen LogP contribution is -1.98. The molecule has 0 saturated carbocycles. The summed E-state index contributed by atoms with van der Waals surface area (Å²) in [7, 11) is 1.83. The van der Waals surface area contributed by atoms with E-state index in [1.165, 1.54) is 0 Å². The van der Waals surface area contributed by atoms with Crippen molar-refractivity contribution in [3.63, 3.8) is 0 Å². The van der Waals surface area contributed by atoms with E-state index in [1.807, 2.05) is 37.4 Å². The summed E-state index contributed by atoms with van der Waals surface area (Å²) in [5.41, 5.74) is 8.41. The van der Waals surface area contributed by atoms with Gasteiger partial charge in [0.05, 0.1) is 5.69 Å². The van der Waals surface area contributed by atoms with Crippen molar-refractivity contribution in [2.24, 2.45) is 7.05 Å². The Bertz CT molecular complexity index is 787. The van der Waals surface area contributed by atoms with Crippen molar-refractivity contribution in [2.75, 3.05) is 5.73 Å². The van der Waals surface area contributed by atoms with Gasteiger partial charge < -0.3 is 10.5 Å². The topological polar surface area (TPSA) is 66.0 Å². The SMILES string of the molecule is CC(C)c1nn(C)c(Oc2cccc3cccnc23)c1N. The van der Waals surface area contributed by atoms with Crippen LogP contribution >= 0.6 is 0 Å². The quantitative estimate of drug-likeness (QED) is 0.798. The van der Waals surface area contributed by atoms with Crippen molar-refractivity contribution >= 4 is 16.6 Å². The molecule has 0 aliphatic heterocycles. The maximum Gasteiger partial charge on any atom is 0.241 e. The summed E-state index contributed by atoms with van der Waals surface area (Å²) < 4.78 is 7.67. The van der Waals surface area contributed by atoms with E-state index < -0.39 is 0 Å². The third kappa shape index (κ3) is 2.31. The fourth-order valence-electron chi connectivity index (χ4n) is 2.36. The van der Waals surface area contributed by atoms with Gasteiger partial charge in [-0.1, -0.05) is 32.0 Å². The molecule has 3 rings (SSSR count). The summed E-state index contributed by atoms with van der Waals surface area (Å²) in [4.78, 5) is 4.38. The first-order chi connectivity index (χ1) is 10.1. The molecule has 0 aliphatic carbocycles. The number of ether oxygens (including phenoxy) is 1. The predicted octanol–water partition coefficient (Wildman–Crippen LogP) is 3.47. The Hall–Kier alpha value is -2.56. The van der Waals surface area contributed by atoms with Gasteiger partial charge in [0.25, 0.3) is 0 Å². The molecule has 108 valence electrons. The fraction of sp³-hybridized carbons (Fsp3) is 0.250. The number of benzene rings is 1. The molecule has 2 heterocycles. The van der Waals surface area contributed by atoms with E-state index in [-0.39, 0.29) is 5.92 Å². The number of rotatable bonds is 3. The predicted molar refractivity (Wildman–Crippen MR) is 83.5 cm³/mol. The highest BCUT2D eigenvalue weighted by molar-refractivity contribution is 5.84. The first kappa shape index (κ1) is 13.4. The summed E-state index contributed by atoms with van der Waals surface area (Å²) in [5.74, 6) is 1.48. The molecule has 0 radical (unpaired) electrons. The second-order valence-corrected chi connectivity index (χ2v) is 5.32. The molecule has 0 fully saturated rings. The molecule has 0 bridgehead atoms. The normalized spacial score (nSPS) is 11.2. The number of hydrogen-bond donors (Lipinski definition) is 1. The van der Waals surface area contributed by atoms with Crippen LogP contribution in [0.2, 0.25) is 0 Å². The van der Waals surface area contributed by atoms with Crippen molar-refractivity contribution in [3.8, 4) is 11.6 Å². The number of hydrogen-bond acceptors (Lipinski definition) is 4. The standard InChI is InChI=1S/C16H18N4O/c1-10(2)14-13(17)16(20(3)19-14)21-12-8-4-6-11-7-5-9-18-15(11)12/h4-10H,17H2,1-3H3. The van der Waals surface area contributed by atoms with Crippen molar-refractivity contribution < 1.29 is 4.74 Å².